The van der Waals surface area contributed by atoms with Crippen LogP contribution < -0.4 is 14.8 Å². The Morgan fingerprint density at radius 1 is 1.04 bits per heavy atom. The van der Waals surface area contributed by atoms with E-state index in [-0.39, 0.29) is 6.10 Å². The predicted octanol–water partition coefficient (Wildman–Crippen LogP) is 5.05. The number of hydrogen-bond donors (Lipinski definition) is 1. The number of unbranched alkanes of at least 4 members (excludes halogenated alkanes) is 1. The Bertz CT molecular complexity index is 580. The molecule has 0 fully saturated rings. The molecule has 23 heavy (non-hydrogen) atoms. The topological polar surface area (TPSA) is 30.5 Å². The first-order valence-corrected chi connectivity index (χ1v) is 8.37. The van der Waals surface area contributed by atoms with Gasteiger partial charge in [0, 0.05) is 11.8 Å². The van der Waals surface area contributed by atoms with Crippen LogP contribution in [0.3, 0.4) is 0 Å². The first-order chi connectivity index (χ1) is 11.2. The molecular weight excluding hydrogens is 286 g/mol. The van der Waals surface area contributed by atoms with Gasteiger partial charge in [0.25, 0.3) is 0 Å². The van der Waals surface area contributed by atoms with Crippen LogP contribution in [-0.4, -0.2) is 19.3 Å². The zero-order valence-electron chi connectivity index (χ0n) is 14.3. The summed E-state index contributed by atoms with van der Waals surface area (Å²) >= 11 is 0. The Labute approximate surface area is 139 Å². The van der Waals surface area contributed by atoms with Crippen LogP contribution in [0.5, 0.6) is 11.5 Å². The summed E-state index contributed by atoms with van der Waals surface area (Å²) in [4.78, 5) is 0. The maximum atomic E-state index is 5.91. The number of aryl methyl sites for hydroxylation is 1. The molecule has 0 saturated heterocycles. The molecule has 0 radical (unpaired) electrons. The van der Waals surface area contributed by atoms with Gasteiger partial charge < -0.3 is 14.8 Å². The molecule has 0 amide bonds. The van der Waals surface area contributed by atoms with Gasteiger partial charge in [0.2, 0.25) is 0 Å². The first-order valence-electron chi connectivity index (χ1n) is 8.37. The molecule has 0 bridgehead atoms. The third-order valence-electron chi connectivity index (χ3n) is 3.55. The third kappa shape index (κ3) is 6.23. The largest absolute Gasteiger partial charge is 0.494 e. The lowest BCUT2D eigenvalue weighted by atomic mass is 10.2. The van der Waals surface area contributed by atoms with Gasteiger partial charge in [-0.3, -0.25) is 0 Å². The highest BCUT2D eigenvalue weighted by Gasteiger charge is 2.04. The van der Waals surface area contributed by atoms with E-state index in [1.807, 2.05) is 36.4 Å². The molecule has 1 unspecified atom stereocenters. The van der Waals surface area contributed by atoms with Gasteiger partial charge in [-0.2, -0.15) is 0 Å². The van der Waals surface area contributed by atoms with E-state index in [9.17, 15) is 0 Å². The highest BCUT2D eigenvalue weighted by molar-refractivity contribution is 5.48. The molecule has 0 saturated carbocycles. The number of rotatable bonds is 9. The second kappa shape index (κ2) is 9.09. The highest BCUT2D eigenvalue weighted by atomic mass is 16.5. The zero-order chi connectivity index (χ0) is 16.5. The number of anilines is 1. The van der Waals surface area contributed by atoms with Crippen molar-refractivity contribution in [3.8, 4) is 11.5 Å². The van der Waals surface area contributed by atoms with E-state index in [4.69, 9.17) is 9.47 Å². The molecular formula is C20H27NO2. The minimum Gasteiger partial charge on any atom is -0.494 e. The molecule has 3 heteroatoms. The lowest BCUT2D eigenvalue weighted by molar-refractivity contribution is 0.234. The minimum atomic E-state index is 0.0855. The van der Waals surface area contributed by atoms with Gasteiger partial charge in [-0.15, -0.1) is 0 Å². The summed E-state index contributed by atoms with van der Waals surface area (Å²) in [6.07, 6.45) is 2.31. The van der Waals surface area contributed by atoms with Crippen molar-refractivity contribution in [3.63, 3.8) is 0 Å². The van der Waals surface area contributed by atoms with Crippen molar-refractivity contribution in [2.75, 3.05) is 18.5 Å². The lowest BCUT2D eigenvalue weighted by Crippen LogP contribution is -2.22. The molecule has 3 nitrogen and oxygen atoms in total. The van der Waals surface area contributed by atoms with Gasteiger partial charge >= 0.3 is 0 Å². The number of hydrogen-bond acceptors (Lipinski definition) is 3. The van der Waals surface area contributed by atoms with Crippen molar-refractivity contribution >= 4 is 5.69 Å². The Kier molecular flexibility index (Phi) is 6.79. The summed E-state index contributed by atoms with van der Waals surface area (Å²) in [5.74, 6) is 1.82. The smallest absolute Gasteiger partial charge is 0.121 e. The summed E-state index contributed by atoms with van der Waals surface area (Å²) in [6, 6.07) is 16.2. The van der Waals surface area contributed by atoms with E-state index >= 15 is 0 Å². The molecule has 124 valence electrons. The predicted molar refractivity (Wildman–Crippen MR) is 96.6 cm³/mol. The number of ether oxygens (including phenoxy) is 2. The Morgan fingerprint density at radius 3 is 2.57 bits per heavy atom. The van der Waals surface area contributed by atoms with Crippen LogP contribution in [0, 0.1) is 6.92 Å². The Morgan fingerprint density at radius 2 is 1.83 bits per heavy atom. The van der Waals surface area contributed by atoms with Crippen LogP contribution in [0.4, 0.5) is 5.69 Å². The second-order valence-electron chi connectivity index (χ2n) is 5.85. The average Bonchev–Trinajstić information content (AvgIpc) is 2.56. The molecule has 0 aliphatic heterocycles. The van der Waals surface area contributed by atoms with Crippen molar-refractivity contribution in [1.82, 2.24) is 0 Å². The Balaban J connectivity index is 1.80. The molecule has 0 aliphatic rings. The summed E-state index contributed by atoms with van der Waals surface area (Å²) < 4.78 is 11.6. The van der Waals surface area contributed by atoms with Crippen LogP contribution in [0.15, 0.2) is 48.5 Å². The number of nitrogens with one attached hydrogen (secondary N) is 1. The molecule has 0 aliphatic carbocycles. The number of benzene rings is 2. The molecule has 1 N–H and O–H groups in total. The van der Waals surface area contributed by atoms with E-state index in [2.05, 4.69) is 38.2 Å². The molecule has 2 rings (SSSR count). The van der Waals surface area contributed by atoms with Gasteiger partial charge in [0.05, 0.1) is 13.2 Å². The fourth-order valence-corrected chi connectivity index (χ4v) is 2.18. The van der Waals surface area contributed by atoms with Crippen molar-refractivity contribution in [2.45, 2.75) is 39.7 Å². The monoisotopic (exact) mass is 313 g/mol. The van der Waals surface area contributed by atoms with Crippen LogP contribution in [0.1, 0.15) is 32.3 Å². The van der Waals surface area contributed by atoms with Gasteiger partial charge in [0.1, 0.15) is 17.6 Å². The van der Waals surface area contributed by atoms with Crippen LogP contribution >= 0.6 is 0 Å². The van der Waals surface area contributed by atoms with Crippen molar-refractivity contribution in [2.24, 2.45) is 0 Å². The first kappa shape index (κ1) is 17.2. The van der Waals surface area contributed by atoms with E-state index < -0.39 is 0 Å². The molecule has 0 heterocycles. The zero-order valence-corrected chi connectivity index (χ0v) is 14.3. The average molecular weight is 313 g/mol. The quantitative estimate of drug-likeness (QED) is 0.657. The SMILES string of the molecule is CCCCOc1cccc(NCC(C)Oc2ccc(C)cc2)c1. The summed E-state index contributed by atoms with van der Waals surface area (Å²) in [5, 5.41) is 3.40. The van der Waals surface area contributed by atoms with Crippen molar-refractivity contribution in [3.05, 3.63) is 54.1 Å². The van der Waals surface area contributed by atoms with Crippen LogP contribution in [0.25, 0.3) is 0 Å². The fraction of sp³-hybridized carbons (Fsp3) is 0.400. The molecule has 1 atom stereocenters. The van der Waals surface area contributed by atoms with E-state index in [1.165, 1.54) is 5.56 Å². The summed E-state index contributed by atoms with van der Waals surface area (Å²) in [7, 11) is 0. The second-order valence-corrected chi connectivity index (χ2v) is 5.85. The molecule has 2 aromatic rings. The Hall–Kier alpha value is -2.16. The molecule has 0 aromatic heterocycles. The maximum absolute atomic E-state index is 5.91. The third-order valence-corrected chi connectivity index (χ3v) is 3.55. The molecule has 2 aromatic carbocycles. The van der Waals surface area contributed by atoms with Crippen molar-refractivity contribution in [1.29, 1.82) is 0 Å². The van der Waals surface area contributed by atoms with Gasteiger partial charge in [-0.25, -0.2) is 0 Å². The van der Waals surface area contributed by atoms with Crippen LogP contribution in [0.2, 0.25) is 0 Å². The van der Waals surface area contributed by atoms with Gasteiger partial charge in [-0.05, 0) is 44.5 Å². The standard InChI is InChI=1S/C20H27NO2/c1-4-5-13-22-20-8-6-7-18(14-20)21-15-17(3)23-19-11-9-16(2)10-12-19/h6-12,14,17,21H,4-5,13,15H2,1-3H3. The fourth-order valence-electron chi connectivity index (χ4n) is 2.18. The van der Waals surface area contributed by atoms with E-state index in [1.54, 1.807) is 0 Å². The van der Waals surface area contributed by atoms with Crippen LogP contribution in [-0.2, 0) is 0 Å². The van der Waals surface area contributed by atoms with Crippen molar-refractivity contribution < 1.29 is 9.47 Å². The highest BCUT2D eigenvalue weighted by Crippen LogP contribution is 2.18. The van der Waals surface area contributed by atoms with Gasteiger partial charge in [0.15, 0.2) is 0 Å². The summed E-state index contributed by atoms with van der Waals surface area (Å²) in [5.41, 5.74) is 2.29. The summed E-state index contributed by atoms with van der Waals surface area (Å²) in [6.45, 7) is 7.81. The minimum absolute atomic E-state index is 0.0855. The lowest BCUT2D eigenvalue weighted by Gasteiger charge is -2.17. The van der Waals surface area contributed by atoms with Gasteiger partial charge in [-0.1, -0.05) is 37.1 Å². The van der Waals surface area contributed by atoms with E-state index in [0.717, 1.165) is 43.2 Å². The van der Waals surface area contributed by atoms with E-state index in [0.29, 0.717) is 0 Å². The normalized spacial score (nSPS) is 11.8. The molecule has 0 spiro atoms. The maximum Gasteiger partial charge on any atom is 0.121 e.